The van der Waals surface area contributed by atoms with Crippen molar-refractivity contribution in [3.8, 4) is 0 Å². The standard InChI is InChI=1S/C13H19FN2O3S/c1-3-11-8-19-5-4-16(11)20(17,18)13-7-10(15)6-12(14)9(13)2/h6-7,11H,3-5,8,15H2,1-2H3. The van der Waals surface area contributed by atoms with Crippen LogP contribution in [0.25, 0.3) is 0 Å². The van der Waals surface area contributed by atoms with E-state index in [1.807, 2.05) is 6.92 Å². The van der Waals surface area contributed by atoms with Crippen LogP contribution in [-0.2, 0) is 14.8 Å². The van der Waals surface area contributed by atoms with Gasteiger partial charge in [0.2, 0.25) is 10.0 Å². The topological polar surface area (TPSA) is 72.6 Å². The molecule has 5 nitrogen and oxygen atoms in total. The van der Waals surface area contributed by atoms with E-state index >= 15 is 0 Å². The summed E-state index contributed by atoms with van der Waals surface area (Å²) in [4.78, 5) is -0.0599. The number of halogens is 1. The number of nitrogens with zero attached hydrogens (tertiary/aromatic N) is 1. The van der Waals surface area contributed by atoms with Crippen LogP contribution in [0.3, 0.4) is 0 Å². The number of benzene rings is 1. The zero-order chi connectivity index (χ0) is 14.9. The summed E-state index contributed by atoms with van der Waals surface area (Å²) in [6.07, 6.45) is 0.642. The molecule has 1 aromatic rings. The molecule has 1 aliphatic heterocycles. The third kappa shape index (κ3) is 2.65. The number of nitrogens with two attached hydrogens (primary N) is 1. The van der Waals surface area contributed by atoms with Crippen LogP contribution in [0.1, 0.15) is 18.9 Å². The molecule has 1 heterocycles. The number of ether oxygens (including phenoxy) is 1. The highest BCUT2D eigenvalue weighted by molar-refractivity contribution is 7.89. The van der Waals surface area contributed by atoms with Gasteiger partial charge in [-0.3, -0.25) is 0 Å². The zero-order valence-electron chi connectivity index (χ0n) is 11.6. The lowest BCUT2D eigenvalue weighted by Gasteiger charge is -2.34. The predicted octanol–water partition coefficient (Wildman–Crippen LogP) is 1.52. The van der Waals surface area contributed by atoms with E-state index in [2.05, 4.69) is 0 Å². The molecule has 1 aliphatic rings. The molecule has 0 radical (unpaired) electrons. The summed E-state index contributed by atoms with van der Waals surface area (Å²) in [6.45, 7) is 4.33. The number of nitrogen functional groups attached to an aromatic ring is 1. The van der Waals surface area contributed by atoms with Gasteiger partial charge in [-0.1, -0.05) is 6.92 Å². The van der Waals surface area contributed by atoms with Crippen LogP contribution < -0.4 is 5.73 Å². The molecule has 1 fully saturated rings. The van der Waals surface area contributed by atoms with Crippen molar-refractivity contribution < 1.29 is 17.5 Å². The van der Waals surface area contributed by atoms with E-state index in [1.165, 1.54) is 17.3 Å². The highest BCUT2D eigenvalue weighted by atomic mass is 32.2. The molecule has 1 saturated heterocycles. The van der Waals surface area contributed by atoms with Crippen LogP contribution in [0.4, 0.5) is 10.1 Å². The molecule has 2 N–H and O–H groups in total. The molecular formula is C13H19FN2O3S. The molecular weight excluding hydrogens is 283 g/mol. The molecule has 1 unspecified atom stereocenters. The molecule has 0 aliphatic carbocycles. The van der Waals surface area contributed by atoms with Gasteiger partial charge in [-0.25, -0.2) is 12.8 Å². The fourth-order valence-corrected chi connectivity index (χ4v) is 4.28. The minimum Gasteiger partial charge on any atom is -0.399 e. The Balaban J connectivity index is 2.49. The number of morpholine rings is 1. The lowest BCUT2D eigenvalue weighted by atomic mass is 10.2. The second kappa shape index (κ2) is 5.67. The lowest BCUT2D eigenvalue weighted by molar-refractivity contribution is 0.0314. The fraction of sp³-hybridized carbons (Fsp3) is 0.538. The first-order valence-electron chi connectivity index (χ1n) is 6.53. The predicted molar refractivity (Wildman–Crippen MR) is 74.3 cm³/mol. The summed E-state index contributed by atoms with van der Waals surface area (Å²) in [6, 6.07) is 2.22. The van der Waals surface area contributed by atoms with Crippen LogP contribution >= 0.6 is 0 Å². The molecule has 1 aromatic carbocycles. The van der Waals surface area contributed by atoms with Gasteiger partial charge < -0.3 is 10.5 Å². The number of sulfonamides is 1. The van der Waals surface area contributed by atoms with Crippen molar-refractivity contribution in [3.63, 3.8) is 0 Å². The molecule has 1 atom stereocenters. The van der Waals surface area contributed by atoms with E-state index in [4.69, 9.17) is 10.5 Å². The lowest BCUT2D eigenvalue weighted by Crippen LogP contribution is -2.48. The monoisotopic (exact) mass is 302 g/mol. The quantitative estimate of drug-likeness (QED) is 0.859. The number of anilines is 1. The maximum Gasteiger partial charge on any atom is 0.243 e. The summed E-state index contributed by atoms with van der Waals surface area (Å²) in [7, 11) is -3.77. The Morgan fingerprint density at radius 1 is 1.50 bits per heavy atom. The molecule has 0 amide bonds. The third-order valence-electron chi connectivity index (χ3n) is 3.55. The van der Waals surface area contributed by atoms with E-state index in [-0.39, 0.29) is 28.7 Å². The first-order chi connectivity index (χ1) is 9.37. The van der Waals surface area contributed by atoms with Crippen LogP contribution in [0, 0.1) is 12.7 Å². The molecule has 20 heavy (non-hydrogen) atoms. The molecule has 0 spiro atoms. The van der Waals surface area contributed by atoms with Crippen LogP contribution in [0.5, 0.6) is 0 Å². The summed E-state index contributed by atoms with van der Waals surface area (Å²) in [5.41, 5.74) is 5.78. The van der Waals surface area contributed by atoms with Gasteiger partial charge in [-0.05, 0) is 25.5 Å². The van der Waals surface area contributed by atoms with Crippen molar-refractivity contribution in [3.05, 3.63) is 23.5 Å². The summed E-state index contributed by atoms with van der Waals surface area (Å²) >= 11 is 0. The summed E-state index contributed by atoms with van der Waals surface area (Å²) < 4.78 is 45.9. The average molecular weight is 302 g/mol. The Bertz CT molecular complexity index is 604. The Hall–Kier alpha value is -1.18. The highest BCUT2D eigenvalue weighted by Gasteiger charge is 2.34. The van der Waals surface area contributed by atoms with Crippen LogP contribution in [0.2, 0.25) is 0 Å². The van der Waals surface area contributed by atoms with Crippen LogP contribution in [0.15, 0.2) is 17.0 Å². The highest BCUT2D eigenvalue weighted by Crippen LogP contribution is 2.27. The number of hydrogen-bond acceptors (Lipinski definition) is 4. The first-order valence-corrected chi connectivity index (χ1v) is 7.97. The van der Waals surface area contributed by atoms with Crippen molar-refractivity contribution in [2.24, 2.45) is 0 Å². The van der Waals surface area contributed by atoms with Crippen molar-refractivity contribution in [1.82, 2.24) is 4.31 Å². The summed E-state index contributed by atoms with van der Waals surface area (Å²) in [5.74, 6) is -0.607. The van der Waals surface area contributed by atoms with Gasteiger partial charge in [0.1, 0.15) is 5.82 Å². The van der Waals surface area contributed by atoms with Crippen LogP contribution in [-0.4, -0.2) is 38.5 Å². The smallest absolute Gasteiger partial charge is 0.243 e. The van der Waals surface area contributed by atoms with Gasteiger partial charge in [0.05, 0.1) is 18.1 Å². The summed E-state index contributed by atoms with van der Waals surface area (Å²) in [5, 5.41) is 0. The number of hydrogen-bond donors (Lipinski definition) is 1. The maximum absolute atomic E-state index is 13.7. The second-order valence-electron chi connectivity index (χ2n) is 4.88. The van der Waals surface area contributed by atoms with Gasteiger partial charge in [0.15, 0.2) is 0 Å². The van der Waals surface area contributed by atoms with E-state index < -0.39 is 15.8 Å². The fourth-order valence-electron chi connectivity index (χ4n) is 2.35. The molecule has 7 heteroatoms. The maximum atomic E-state index is 13.7. The van der Waals surface area contributed by atoms with Gasteiger partial charge in [-0.2, -0.15) is 4.31 Å². The zero-order valence-corrected chi connectivity index (χ0v) is 12.4. The van der Waals surface area contributed by atoms with Crippen molar-refractivity contribution in [2.75, 3.05) is 25.5 Å². The molecule has 0 bridgehead atoms. The minimum absolute atomic E-state index is 0.0599. The first kappa shape index (κ1) is 15.2. The van der Waals surface area contributed by atoms with Gasteiger partial charge >= 0.3 is 0 Å². The Morgan fingerprint density at radius 3 is 2.85 bits per heavy atom. The normalized spacial score (nSPS) is 21.1. The van der Waals surface area contributed by atoms with Crippen molar-refractivity contribution in [1.29, 1.82) is 0 Å². The Kier molecular flexibility index (Phi) is 4.31. The van der Waals surface area contributed by atoms with Crippen molar-refractivity contribution in [2.45, 2.75) is 31.2 Å². The Labute approximate surface area is 118 Å². The SMILES string of the molecule is CCC1COCCN1S(=O)(=O)c1cc(N)cc(F)c1C. The third-order valence-corrected chi connectivity index (χ3v) is 5.63. The average Bonchev–Trinajstić information content (AvgIpc) is 2.42. The largest absolute Gasteiger partial charge is 0.399 e. The molecule has 112 valence electrons. The van der Waals surface area contributed by atoms with E-state index in [0.717, 1.165) is 6.07 Å². The van der Waals surface area contributed by atoms with Gasteiger partial charge in [-0.15, -0.1) is 0 Å². The van der Waals surface area contributed by atoms with E-state index in [9.17, 15) is 12.8 Å². The second-order valence-corrected chi connectivity index (χ2v) is 6.74. The molecule has 2 rings (SSSR count). The van der Waals surface area contributed by atoms with Gasteiger partial charge in [0, 0.05) is 23.8 Å². The van der Waals surface area contributed by atoms with E-state index in [1.54, 1.807) is 0 Å². The van der Waals surface area contributed by atoms with Crippen molar-refractivity contribution >= 4 is 15.7 Å². The molecule has 0 aromatic heterocycles. The molecule has 0 saturated carbocycles. The van der Waals surface area contributed by atoms with Gasteiger partial charge in [0.25, 0.3) is 0 Å². The van der Waals surface area contributed by atoms with E-state index in [0.29, 0.717) is 19.6 Å². The number of rotatable bonds is 3. The Morgan fingerprint density at radius 2 is 2.20 bits per heavy atom. The minimum atomic E-state index is -3.77.